The molecule has 1 aliphatic heterocycles. The van der Waals surface area contributed by atoms with E-state index in [9.17, 15) is 0 Å². The minimum atomic E-state index is 0.553. The molecular weight excluding hydrogens is 134 g/mol. The van der Waals surface area contributed by atoms with E-state index in [0.717, 1.165) is 6.54 Å². The molecule has 1 radical (unpaired) electrons. The van der Waals surface area contributed by atoms with Crippen LogP contribution in [-0.4, -0.2) is 12.6 Å². The Kier molecular flexibility index (Phi) is 1.39. The van der Waals surface area contributed by atoms with Crippen molar-refractivity contribution in [3.8, 4) is 0 Å². The first-order chi connectivity index (χ1) is 4.99. The van der Waals surface area contributed by atoms with E-state index in [2.05, 4.69) is 26.1 Å². The molecule has 0 N–H and O–H groups in total. The largest absolute Gasteiger partial charge is 0.238 e. The first-order valence-electron chi connectivity index (χ1n) is 4.66. The Bertz CT molecular complexity index is 174. The molecule has 1 aliphatic carbocycles. The van der Waals surface area contributed by atoms with Crippen molar-refractivity contribution in [1.29, 1.82) is 0 Å². The van der Waals surface area contributed by atoms with E-state index in [1.165, 1.54) is 19.3 Å². The summed E-state index contributed by atoms with van der Waals surface area (Å²) >= 11 is 0. The Balaban J connectivity index is 2.19. The van der Waals surface area contributed by atoms with Gasteiger partial charge in [-0.1, -0.05) is 20.8 Å². The molecule has 1 heteroatoms. The van der Waals surface area contributed by atoms with Gasteiger partial charge in [0, 0.05) is 12.6 Å². The molecule has 2 atom stereocenters. The second-order valence-corrected chi connectivity index (χ2v) is 5.55. The number of rotatable bonds is 0. The van der Waals surface area contributed by atoms with Crippen LogP contribution in [-0.2, 0) is 0 Å². The van der Waals surface area contributed by atoms with E-state index >= 15 is 0 Å². The van der Waals surface area contributed by atoms with Crippen molar-refractivity contribution >= 4 is 0 Å². The van der Waals surface area contributed by atoms with Crippen LogP contribution >= 0.6 is 0 Å². The molecule has 2 unspecified atom stereocenters. The van der Waals surface area contributed by atoms with Crippen LogP contribution in [0.2, 0.25) is 0 Å². The highest BCUT2D eigenvalue weighted by Crippen LogP contribution is 2.49. The first kappa shape index (κ1) is 7.60. The minimum absolute atomic E-state index is 0.553. The van der Waals surface area contributed by atoms with E-state index in [1.54, 1.807) is 0 Å². The van der Waals surface area contributed by atoms with E-state index in [0.29, 0.717) is 16.9 Å². The van der Waals surface area contributed by atoms with Gasteiger partial charge in [-0.05, 0) is 30.1 Å². The van der Waals surface area contributed by atoms with Crippen molar-refractivity contribution < 1.29 is 0 Å². The third-order valence-corrected chi connectivity index (χ3v) is 3.15. The Morgan fingerprint density at radius 1 is 1.18 bits per heavy atom. The summed E-state index contributed by atoms with van der Waals surface area (Å²) < 4.78 is 0. The maximum Gasteiger partial charge on any atom is 0.0257 e. The zero-order valence-electron chi connectivity index (χ0n) is 7.85. The van der Waals surface area contributed by atoms with Crippen molar-refractivity contribution in [3.63, 3.8) is 0 Å². The summed E-state index contributed by atoms with van der Waals surface area (Å²) in [7, 11) is 0. The lowest BCUT2D eigenvalue weighted by Gasteiger charge is -2.39. The molecule has 2 rings (SSSR count). The second kappa shape index (κ2) is 2.01. The standard InChI is InChI=1S/C10H18N/c1-9(2)4-8-5-10(3,6-9)7-11-8/h8H,4-7H2,1-3H3. The van der Waals surface area contributed by atoms with Crippen LogP contribution in [0, 0.1) is 10.8 Å². The van der Waals surface area contributed by atoms with Crippen LogP contribution in [0.4, 0.5) is 0 Å². The number of nitrogens with zero attached hydrogens (tertiary/aromatic N) is 1. The lowest BCUT2D eigenvalue weighted by molar-refractivity contribution is 0.135. The highest BCUT2D eigenvalue weighted by Gasteiger charge is 2.46. The highest BCUT2D eigenvalue weighted by atomic mass is 15.0. The summed E-state index contributed by atoms with van der Waals surface area (Å²) in [5, 5.41) is 4.67. The second-order valence-electron chi connectivity index (χ2n) is 5.55. The molecule has 0 aromatic heterocycles. The van der Waals surface area contributed by atoms with E-state index in [4.69, 9.17) is 0 Å². The number of hydrogen-bond acceptors (Lipinski definition) is 0. The first-order valence-corrected chi connectivity index (χ1v) is 4.66. The number of fused-ring (bicyclic) bond motifs is 2. The van der Waals surface area contributed by atoms with Crippen LogP contribution in [0.5, 0.6) is 0 Å². The summed E-state index contributed by atoms with van der Waals surface area (Å²) in [6, 6.07) is 0.698. The van der Waals surface area contributed by atoms with Crippen molar-refractivity contribution in [3.05, 3.63) is 0 Å². The van der Waals surface area contributed by atoms with Gasteiger partial charge >= 0.3 is 0 Å². The molecule has 0 aromatic rings. The third kappa shape index (κ3) is 1.31. The molecule has 0 aromatic carbocycles. The van der Waals surface area contributed by atoms with Crippen LogP contribution in [0.3, 0.4) is 0 Å². The Hall–Kier alpha value is -0.0400. The van der Waals surface area contributed by atoms with Gasteiger partial charge in [-0.25, -0.2) is 5.32 Å². The summed E-state index contributed by atoms with van der Waals surface area (Å²) in [6.07, 6.45) is 4.05. The monoisotopic (exact) mass is 152 g/mol. The van der Waals surface area contributed by atoms with Gasteiger partial charge < -0.3 is 0 Å². The normalized spacial score (nSPS) is 47.7. The molecule has 1 nitrogen and oxygen atoms in total. The number of hydrogen-bond donors (Lipinski definition) is 0. The average molecular weight is 152 g/mol. The molecule has 0 amide bonds. The van der Waals surface area contributed by atoms with Crippen LogP contribution in [0.25, 0.3) is 0 Å². The molecule has 1 saturated carbocycles. The van der Waals surface area contributed by atoms with E-state index in [1.807, 2.05) is 0 Å². The van der Waals surface area contributed by atoms with Gasteiger partial charge in [0.1, 0.15) is 0 Å². The fourth-order valence-electron chi connectivity index (χ4n) is 3.18. The van der Waals surface area contributed by atoms with E-state index in [-0.39, 0.29) is 0 Å². The average Bonchev–Trinajstić information content (AvgIpc) is 2.03. The summed E-state index contributed by atoms with van der Waals surface area (Å²) in [4.78, 5) is 0. The van der Waals surface area contributed by atoms with Gasteiger partial charge in [-0.15, -0.1) is 0 Å². The molecule has 1 saturated heterocycles. The van der Waals surface area contributed by atoms with Crippen LogP contribution < -0.4 is 5.32 Å². The summed E-state index contributed by atoms with van der Waals surface area (Å²) in [5.74, 6) is 0. The van der Waals surface area contributed by atoms with Crippen LogP contribution in [0.1, 0.15) is 40.0 Å². The van der Waals surface area contributed by atoms with E-state index < -0.39 is 0 Å². The van der Waals surface area contributed by atoms with Gasteiger partial charge in [-0.3, -0.25) is 0 Å². The van der Waals surface area contributed by atoms with Crippen LogP contribution in [0.15, 0.2) is 0 Å². The molecule has 0 spiro atoms. The Labute approximate surface area is 69.6 Å². The molecule has 63 valence electrons. The SMILES string of the molecule is CC1(C)CC2CC(C)(C[N]2)C1. The van der Waals surface area contributed by atoms with Crippen molar-refractivity contribution in [2.45, 2.75) is 46.1 Å². The zero-order valence-corrected chi connectivity index (χ0v) is 7.85. The van der Waals surface area contributed by atoms with Gasteiger partial charge in [0.2, 0.25) is 0 Å². The zero-order chi connectivity index (χ0) is 8.11. The predicted molar refractivity (Wildman–Crippen MR) is 46.5 cm³/mol. The molecule has 11 heavy (non-hydrogen) atoms. The van der Waals surface area contributed by atoms with Gasteiger partial charge in [0.15, 0.2) is 0 Å². The van der Waals surface area contributed by atoms with Crippen molar-refractivity contribution in [1.82, 2.24) is 5.32 Å². The van der Waals surface area contributed by atoms with Gasteiger partial charge in [0.05, 0.1) is 0 Å². The fourth-order valence-corrected chi connectivity index (χ4v) is 3.18. The third-order valence-electron chi connectivity index (χ3n) is 3.15. The lowest BCUT2D eigenvalue weighted by Crippen LogP contribution is -2.32. The Morgan fingerprint density at radius 2 is 1.91 bits per heavy atom. The lowest BCUT2D eigenvalue weighted by atomic mass is 9.65. The molecular formula is C10H18N. The molecule has 1 heterocycles. The van der Waals surface area contributed by atoms with Crippen molar-refractivity contribution in [2.75, 3.05) is 6.54 Å². The summed E-state index contributed by atoms with van der Waals surface area (Å²) in [5.41, 5.74) is 1.12. The topological polar surface area (TPSA) is 14.1 Å². The highest BCUT2D eigenvalue weighted by molar-refractivity contribution is 5.00. The summed E-state index contributed by atoms with van der Waals surface area (Å²) in [6.45, 7) is 8.30. The quantitative estimate of drug-likeness (QED) is 0.505. The smallest absolute Gasteiger partial charge is 0.0257 e. The minimum Gasteiger partial charge on any atom is -0.238 e. The van der Waals surface area contributed by atoms with Gasteiger partial charge in [-0.2, -0.15) is 0 Å². The molecule has 2 fully saturated rings. The van der Waals surface area contributed by atoms with Crippen molar-refractivity contribution in [2.24, 2.45) is 10.8 Å². The maximum atomic E-state index is 4.67. The molecule has 2 aliphatic rings. The predicted octanol–water partition coefficient (Wildman–Crippen LogP) is 2.19. The maximum absolute atomic E-state index is 4.67. The van der Waals surface area contributed by atoms with Gasteiger partial charge in [0.25, 0.3) is 0 Å². The Morgan fingerprint density at radius 3 is 2.55 bits per heavy atom. The molecule has 2 bridgehead atoms. The fraction of sp³-hybridized carbons (Fsp3) is 1.00.